The van der Waals surface area contributed by atoms with Crippen LogP contribution in [0.4, 0.5) is 0 Å². The third kappa shape index (κ3) is 2.95. The minimum absolute atomic E-state index is 0.0152. The molecule has 0 aromatic carbocycles. The average Bonchev–Trinajstić information content (AvgIpc) is 2.69. The van der Waals surface area contributed by atoms with Gasteiger partial charge in [0.05, 0.1) is 18.1 Å². The van der Waals surface area contributed by atoms with Gasteiger partial charge in [0.25, 0.3) is 0 Å². The van der Waals surface area contributed by atoms with Gasteiger partial charge >= 0.3 is 0 Å². The Morgan fingerprint density at radius 1 is 1.53 bits per heavy atom. The first kappa shape index (κ1) is 12.3. The van der Waals surface area contributed by atoms with Crippen LogP contribution >= 0.6 is 0 Å². The van der Waals surface area contributed by atoms with E-state index in [1.807, 2.05) is 6.92 Å². The summed E-state index contributed by atoms with van der Waals surface area (Å²) in [7, 11) is -2.89. The molecule has 2 heterocycles. The van der Waals surface area contributed by atoms with Crippen molar-refractivity contribution in [3.8, 4) is 0 Å². The Kier molecular flexibility index (Phi) is 3.35. The minimum atomic E-state index is -2.89. The van der Waals surface area contributed by atoms with Gasteiger partial charge in [-0.25, -0.2) is 8.42 Å². The van der Waals surface area contributed by atoms with Gasteiger partial charge in [-0.15, -0.1) is 0 Å². The SMILES string of the molecule is CC1CS(=O)(=O)CCN1Cc1ccc(C=O)o1. The Bertz CT molecular complexity index is 505. The van der Waals surface area contributed by atoms with Crippen LogP contribution < -0.4 is 0 Å². The van der Waals surface area contributed by atoms with Crippen LogP contribution in [-0.2, 0) is 16.4 Å². The van der Waals surface area contributed by atoms with Gasteiger partial charge in [0, 0.05) is 12.6 Å². The van der Waals surface area contributed by atoms with Crippen LogP contribution in [0.15, 0.2) is 16.5 Å². The molecule has 0 amide bonds. The lowest BCUT2D eigenvalue weighted by Gasteiger charge is -2.32. The van der Waals surface area contributed by atoms with Crippen molar-refractivity contribution in [2.45, 2.75) is 19.5 Å². The van der Waals surface area contributed by atoms with Crippen LogP contribution in [0, 0.1) is 0 Å². The minimum Gasteiger partial charge on any atom is -0.457 e. The molecule has 1 aromatic rings. The topological polar surface area (TPSA) is 67.6 Å². The summed E-state index contributed by atoms with van der Waals surface area (Å²) >= 11 is 0. The van der Waals surface area contributed by atoms with E-state index in [-0.39, 0.29) is 17.5 Å². The fraction of sp³-hybridized carbons (Fsp3) is 0.545. The van der Waals surface area contributed by atoms with E-state index in [4.69, 9.17) is 4.42 Å². The average molecular weight is 257 g/mol. The van der Waals surface area contributed by atoms with Crippen molar-refractivity contribution in [1.29, 1.82) is 0 Å². The highest BCUT2D eigenvalue weighted by atomic mass is 32.2. The number of nitrogens with zero attached hydrogens (tertiary/aromatic N) is 1. The van der Waals surface area contributed by atoms with E-state index in [2.05, 4.69) is 4.90 Å². The molecule has 1 atom stereocenters. The summed E-state index contributed by atoms with van der Waals surface area (Å²) in [6.07, 6.45) is 0.660. The van der Waals surface area contributed by atoms with Gasteiger partial charge in [-0.05, 0) is 19.1 Å². The Labute approximate surface area is 100 Å². The molecule has 0 bridgehead atoms. The maximum Gasteiger partial charge on any atom is 0.185 e. The predicted octanol–water partition coefficient (Wildman–Crippen LogP) is 0.711. The van der Waals surface area contributed by atoms with Gasteiger partial charge in [-0.1, -0.05) is 0 Å². The number of hydrogen-bond acceptors (Lipinski definition) is 5. The molecule has 1 aliphatic heterocycles. The van der Waals surface area contributed by atoms with Crippen molar-refractivity contribution in [2.24, 2.45) is 0 Å². The second kappa shape index (κ2) is 4.62. The van der Waals surface area contributed by atoms with Gasteiger partial charge in [0.1, 0.15) is 5.76 Å². The predicted molar refractivity (Wildman–Crippen MR) is 62.6 cm³/mol. The molecule has 1 unspecified atom stereocenters. The molecule has 0 spiro atoms. The van der Waals surface area contributed by atoms with Crippen LogP contribution in [0.2, 0.25) is 0 Å². The summed E-state index contributed by atoms with van der Waals surface area (Å²) in [6, 6.07) is 3.35. The van der Waals surface area contributed by atoms with Crippen molar-refractivity contribution in [3.63, 3.8) is 0 Å². The standard InChI is InChI=1S/C11H15NO4S/c1-9-8-17(14,15)5-4-12(9)6-10-2-3-11(7-13)16-10/h2-3,7,9H,4-6,8H2,1H3. The molecule has 0 saturated carbocycles. The first-order valence-electron chi connectivity index (χ1n) is 5.48. The first-order chi connectivity index (χ1) is 8.00. The molecule has 1 aliphatic rings. The smallest absolute Gasteiger partial charge is 0.185 e. The molecule has 1 aromatic heterocycles. The molecule has 1 saturated heterocycles. The number of carbonyl (C=O) groups excluding carboxylic acids is 1. The molecule has 0 N–H and O–H groups in total. The molecule has 0 aliphatic carbocycles. The van der Waals surface area contributed by atoms with Crippen molar-refractivity contribution in [2.75, 3.05) is 18.1 Å². The fourth-order valence-corrected chi connectivity index (χ4v) is 3.64. The number of carbonyl (C=O) groups is 1. The second-order valence-electron chi connectivity index (χ2n) is 4.36. The molecular formula is C11H15NO4S. The van der Waals surface area contributed by atoms with Crippen LogP contribution in [0.5, 0.6) is 0 Å². The zero-order valence-corrected chi connectivity index (χ0v) is 10.4. The van der Waals surface area contributed by atoms with Crippen LogP contribution in [0.25, 0.3) is 0 Å². The largest absolute Gasteiger partial charge is 0.457 e. The van der Waals surface area contributed by atoms with Gasteiger partial charge in [0.2, 0.25) is 0 Å². The number of rotatable bonds is 3. The lowest BCUT2D eigenvalue weighted by atomic mass is 10.3. The molecule has 2 rings (SSSR count). The van der Waals surface area contributed by atoms with Crippen LogP contribution in [0.3, 0.4) is 0 Å². The maximum atomic E-state index is 11.4. The van der Waals surface area contributed by atoms with Gasteiger partial charge in [-0.3, -0.25) is 9.69 Å². The Morgan fingerprint density at radius 2 is 2.29 bits per heavy atom. The lowest BCUT2D eigenvalue weighted by Crippen LogP contribution is -2.46. The summed E-state index contributed by atoms with van der Waals surface area (Å²) in [5.41, 5.74) is 0. The highest BCUT2D eigenvalue weighted by Crippen LogP contribution is 2.16. The molecule has 1 fully saturated rings. The van der Waals surface area contributed by atoms with Gasteiger partial charge < -0.3 is 4.42 Å². The van der Waals surface area contributed by atoms with E-state index in [1.165, 1.54) is 0 Å². The molecule has 0 radical (unpaired) electrons. The van der Waals surface area contributed by atoms with E-state index >= 15 is 0 Å². The maximum absolute atomic E-state index is 11.4. The third-order valence-corrected chi connectivity index (χ3v) is 4.76. The van der Waals surface area contributed by atoms with Crippen molar-refractivity contribution >= 4 is 16.1 Å². The molecule has 17 heavy (non-hydrogen) atoms. The fourth-order valence-electron chi connectivity index (χ4n) is 2.01. The van der Waals surface area contributed by atoms with Crippen molar-refractivity contribution < 1.29 is 17.6 Å². The van der Waals surface area contributed by atoms with E-state index in [1.54, 1.807) is 12.1 Å². The van der Waals surface area contributed by atoms with E-state index in [0.29, 0.717) is 30.9 Å². The highest BCUT2D eigenvalue weighted by molar-refractivity contribution is 7.91. The summed E-state index contributed by atoms with van der Waals surface area (Å²) in [4.78, 5) is 12.5. The number of sulfone groups is 1. The van der Waals surface area contributed by atoms with E-state index < -0.39 is 9.84 Å². The quantitative estimate of drug-likeness (QED) is 0.746. The summed E-state index contributed by atoms with van der Waals surface area (Å²) in [5, 5.41) is 0. The Balaban J connectivity index is 2.02. The molecule has 94 valence electrons. The molecule has 6 heteroatoms. The number of hydrogen-bond donors (Lipinski definition) is 0. The van der Waals surface area contributed by atoms with Gasteiger partial charge in [0.15, 0.2) is 21.9 Å². The van der Waals surface area contributed by atoms with E-state index in [0.717, 1.165) is 0 Å². The number of furan rings is 1. The number of aldehydes is 1. The first-order valence-corrected chi connectivity index (χ1v) is 7.31. The van der Waals surface area contributed by atoms with Crippen molar-refractivity contribution in [3.05, 3.63) is 23.7 Å². The highest BCUT2D eigenvalue weighted by Gasteiger charge is 2.28. The molecule has 5 nitrogen and oxygen atoms in total. The zero-order valence-electron chi connectivity index (χ0n) is 9.63. The Morgan fingerprint density at radius 3 is 2.88 bits per heavy atom. The second-order valence-corrected chi connectivity index (χ2v) is 6.58. The van der Waals surface area contributed by atoms with Crippen LogP contribution in [0.1, 0.15) is 23.2 Å². The van der Waals surface area contributed by atoms with Crippen molar-refractivity contribution in [1.82, 2.24) is 4.90 Å². The Hall–Kier alpha value is -1.14. The van der Waals surface area contributed by atoms with E-state index in [9.17, 15) is 13.2 Å². The lowest BCUT2D eigenvalue weighted by molar-refractivity contribution is 0.109. The third-order valence-electron chi connectivity index (χ3n) is 2.97. The normalized spacial score (nSPS) is 24.6. The van der Waals surface area contributed by atoms with Crippen LogP contribution in [-0.4, -0.2) is 43.7 Å². The van der Waals surface area contributed by atoms with Gasteiger partial charge in [-0.2, -0.15) is 0 Å². The molecular weight excluding hydrogens is 242 g/mol. The summed E-state index contributed by atoms with van der Waals surface area (Å²) in [6.45, 7) is 2.95. The summed E-state index contributed by atoms with van der Waals surface area (Å²) < 4.78 is 28.1. The monoisotopic (exact) mass is 257 g/mol. The summed E-state index contributed by atoms with van der Waals surface area (Å²) in [5.74, 6) is 1.38. The zero-order chi connectivity index (χ0) is 12.5.